The fourth-order valence-electron chi connectivity index (χ4n) is 5.36. The number of piperidine rings is 1. The van der Waals surface area contributed by atoms with Crippen molar-refractivity contribution in [2.45, 2.75) is 79.4 Å². The molecule has 35 heavy (non-hydrogen) atoms. The molecular weight excluding hydrogens is 432 g/mol. The van der Waals surface area contributed by atoms with Crippen LogP contribution in [0.4, 0.5) is 0 Å². The Labute approximate surface area is 214 Å². The summed E-state index contributed by atoms with van der Waals surface area (Å²) in [7, 11) is 1.76. The number of ether oxygens (including phenoxy) is 1. The van der Waals surface area contributed by atoms with E-state index in [9.17, 15) is 0 Å². The summed E-state index contributed by atoms with van der Waals surface area (Å²) in [5, 5.41) is 11.7. The number of hydrogen-bond donors (Lipinski definition) is 2. The van der Waals surface area contributed by atoms with Crippen LogP contribution < -0.4 is 5.32 Å². The van der Waals surface area contributed by atoms with Crippen LogP contribution in [0.25, 0.3) is 5.70 Å². The smallest absolute Gasteiger partial charge is 0.0804 e. The van der Waals surface area contributed by atoms with Crippen LogP contribution in [-0.4, -0.2) is 48.5 Å². The van der Waals surface area contributed by atoms with E-state index in [1.165, 1.54) is 22.5 Å². The van der Waals surface area contributed by atoms with Gasteiger partial charge in [0, 0.05) is 44.6 Å². The second kappa shape index (κ2) is 13.6. The first kappa shape index (κ1) is 28.9. The monoisotopic (exact) mass is 480 g/mol. The summed E-state index contributed by atoms with van der Waals surface area (Å²) in [4.78, 5) is 2.59. The van der Waals surface area contributed by atoms with Gasteiger partial charge in [-0.1, -0.05) is 37.6 Å². The van der Waals surface area contributed by atoms with Gasteiger partial charge in [0.25, 0.3) is 0 Å². The van der Waals surface area contributed by atoms with Crippen molar-refractivity contribution >= 4 is 11.9 Å². The minimum Gasteiger partial charge on any atom is -0.378 e. The van der Waals surface area contributed by atoms with Crippen LogP contribution in [0.15, 0.2) is 59.5 Å². The number of fused-ring (bicyclic) bond motifs is 2. The van der Waals surface area contributed by atoms with Gasteiger partial charge < -0.3 is 24.9 Å². The summed E-state index contributed by atoms with van der Waals surface area (Å²) < 4.78 is 7.90. The van der Waals surface area contributed by atoms with Gasteiger partial charge in [0.2, 0.25) is 0 Å². The van der Waals surface area contributed by atoms with Crippen LogP contribution in [0, 0.1) is 11.3 Å². The molecule has 1 saturated heterocycles. The maximum Gasteiger partial charge on any atom is 0.0804 e. The minimum absolute atomic E-state index is 0.0488. The van der Waals surface area contributed by atoms with Gasteiger partial charge in [-0.25, -0.2) is 0 Å². The molecule has 1 fully saturated rings. The van der Waals surface area contributed by atoms with E-state index in [0.717, 1.165) is 44.6 Å². The largest absolute Gasteiger partial charge is 0.378 e. The lowest BCUT2D eigenvalue weighted by molar-refractivity contribution is 0.124. The summed E-state index contributed by atoms with van der Waals surface area (Å²) in [5.41, 5.74) is 6.37. The molecule has 3 rings (SSSR count). The summed E-state index contributed by atoms with van der Waals surface area (Å²) in [6, 6.07) is 4.43. The van der Waals surface area contributed by atoms with Crippen LogP contribution in [0.2, 0.25) is 0 Å². The molecule has 2 N–H and O–H groups in total. The van der Waals surface area contributed by atoms with E-state index in [-0.39, 0.29) is 11.6 Å². The maximum atomic E-state index is 7.74. The van der Waals surface area contributed by atoms with Gasteiger partial charge >= 0.3 is 0 Å². The standard InChI is InChI=1S/C28H42N4O.C2H6/c1-7-10-24(21(3)4)23(12-15-29)20-31-17-13-28(14-18-31)27-11-9-16-32(27)26(8-2)25(30-28)19-22(5)33-6;1-2/h7-11,15-16,19,22-23,29-30H,12-14,17-18,20H2,1-6H3;1-2H3/b10-7-,25-19+,26-8+,29-15?;. The fraction of sp³-hybridized carbons (Fsp3) is 0.567. The van der Waals surface area contributed by atoms with Gasteiger partial charge in [0.05, 0.1) is 23.0 Å². The molecule has 5 heteroatoms. The highest BCUT2D eigenvalue weighted by atomic mass is 16.5. The Morgan fingerprint density at radius 2 is 1.91 bits per heavy atom. The average Bonchev–Trinajstić information content (AvgIpc) is 3.36. The molecule has 2 atom stereocenters. The normalized spacial score (nSPS) is 21.3. The Morgan fingerprint density at radius 1 is 1.23 bits per heavy atom. The molecule has 0 aliphatic carbocycles. The number of nitrogens with one attached hydrogen (secondary N) is 2. The molecule has 5 nitrogen and oxygen atoms in total. The Morgan fingerprint density at radius 3 is 2.46 bits per heavy atom. The number of likely N-dealkylation sites (tertiary alicyclic amines) is 1. The zero-order chi connectivity index (χ0) is 26.0. The molecule has 0 amide bonds. The summed E-state index contributed by atoms with van der Waals surface area (Å²) >= 11 is 0. The molecule has 0 saturated carbocycles. The van der Waals surface area contributed by atoms with Crippen LogP contribution in [0.3, 0.4) is 0 Å². The predicted molar refractivity (Wildman–Crippen MR) is 151 cm³/mol. The highest BCUT2D eigenvalue weighted by molar-refractivity contribution is 5.68. The van der Waals surface area contributed by atoms with Crippen LogP contribution in [-0.2, 0) is 10.3 Å². The van der Waals surface area contributed by atoms with Gasteiger partial charge in [-0.3, -0.25) is 0 Å². The Balaban J connectivity index is 0.00000210. The Hall–Kier alpha value is -2.37. The van der Waals surface area contributed by atoms with E-state index in [1.54, 1.807) is 13.3 Å². The molecule has 0 aromatic carbocycles. The van der Waals surface area contributed by atoms with Crippen molar-refractivity contribution < 1.29 is 4.74 Å². The first-order valence-corrected chi connectivity index (χ1v) is 13.3. The van der Waals surface area contributed by atoms with E-state index >= 15 is 0 Å². The van der Waals surface area contributed by atoms with Crippen LogP contribution in [0.1, 0.15) is 73.4 Å². The first-order valence-electron chi connectivity index (χ1n) is 13.3. The zero-order valence-corrected chi connectivity index (χ0v) is 23.3. The first-order chi connectivity index (χ1) is 16.9. The third-order valence-corrected chi connectivity index (χ3v) is 7.15. The molecule has 0 radical (unpaired) electrons. The van der Waals surface area contributed by atoms with Gasteiger partial charge in [-0.15, -0.1) is 0 Å². The molecule has 194 valence electrons. The molecule has 1 spiro atoms. The third-order valence-electron chi connectivity index (χ3n) is 7.15. The van der Waals surface area contributed by atoms with Crippen molar-refractivity contribution in [1.29, 1.82) is 5.41 Å². The quantitative estimate of drug-likeness (QED) is 0.319. The van der Waals surface area contributed by atoms with Gasteiger partial charge in [-0.2, -0.15) is 0 Å². The van der Waals surface area contributed by atoms with Crippen molar-refractivity contribution in [3.8, 4) is 0 Å². The van der Waals surface area contributed by atoms with Crippen molar-refractivity contribution in [2.75, 3.05) is 26.7 Å². The van der Waals surface area contributed by atoms with E-state index in [1.807, 2.05) is 13.8 Å². The number of nitrogens with zero attached hydrogens (tertiary/aromatic N) is 2. The van der Waals surface area contributed by atoms with E-state index in [0.29, 0.717) is 5.92 Å². The zero-order valence-electron chi connectivity index (χ0n) is 23.3. The van der Waals surface area contributed by atoms with Crippen molar-refractivity contribution in [3.05, 3.63) is 65.2 Å². The van der Waals surface area contributed by atoms with Crippen LogP contribution >= 0.6 is 0 Å². The van der Waals surface area contributed by atoms with Gasteiger partial charge in [0.15, 0.2) is 0 Å². The van der Waals surface area contributed by atoms with E-state index in [4.69, 9.17) is 10.1 Å². The molecule has 2 aliphatic rings. The Bertz CT molecular complexity index is 937. The van der Waals surface area contributed by atoms with Crippen LogP contribution in [0.5, 0.6) is 0 Å². The summed E-state index contributed by atoms with van der Waals surface area (Å²) in [6.45, 7) is 17.7. The highest BCUT2D eigenvalue weighted by Gasteiger charge is 2.42. The second-order valence-electron chi connectivity index (χ2n) is 9.56. The van der Waals surface area contributed by atoms with Crippen molar-refractivity contribution in [1.82, 2.24) is 14.8 Å². The topological polar surface area (TPSA) is 53.3 Å². The van der Waals surface area contributed by atoms with Gasteiger partial charge in [-0.05, 0) is 83.9 Å². The predicted octanol–water partition coefficient (Wildman–Crippen LogP) is 6.76. The number of rotatable bonds is 8. The number of aromatic nitrogens is 1. The lowest BCUT2D eigenvalue weighted by Gasteiger charge is -2.48. The van der Waals surface area contributed by atoms with Crippen molar-refractivity contribution in [3.63, 3.8) is 0 Å². The molecule has 2 unspecified atom stereocenters. The summed E-state index contributed by atoms with van der Waals surface area (Å²) in [6.07, 6.45) is 15.4. The highest BCUT2D eigenvalue weighted by Crippen LogP contribution is 2.41. The molecular formula is C30H48N4O. The second-order valence-corrected chi connectivity index (χ2v) is 9.56. The lowest BCUT2D eigenvalue weighted by atomic mass is 9.81. The van der Waals surface area contributed by atoms with Gasteiger partial charge in [0.1, 0.15) is 0 Å². The van der Waals surface area contributed by atoms with Crippen molar-refractivity contribution in [2.24, 2.45) is 5.92 Å². The van der Waals surface area contributed by atoms with E-state index < -0.39 is 0 Å². The molecule has 1 aromatic rings. The molecule has 0 bridgehead atoms. The third kappa shape index (κ3) is 6.65. The maximum absolute atomic E-state index is 7.74. The number of methoxy groups -OCH3 is 1. The van der Waals surface area contributed by atoms with E-state index in [2.05, 4.69) is 92.0 Å². The fourth-order valence-corrected chi connectivity index (χ4v) is 5.36. The lowest BCUT2D eigenvalue weighted by Crippen LogP contribution is -2.54. The average molecular weight is 481 g/mol. The summed E-state index contributed by atoms with van der Waals surface area (Å²) in [5.74, 6) is 0.369. The SMILES string of the molecule is C/C=C\C(=C(C)C)C(CC=N)CN1CCC2(CC1)NC(=C/C(C)OC)/C(=C\C)n1cccc12.CC. The molecule has 2 aliphatic heterocycles. The number of allylic oxidation sites excluding steroid dienone is 5. The molecule has 1 aromatic heterocycles. The number of hydrogen-bond acceptors (Lipinski definition) is 4. The molecule has 3 heterocycles. The Kier molecular flexibility index (Phi) is 11.3. The minimum atomic E-state index is -0.0640.